The van der Waals surface area contributed by atoms with Crippen LogP contribution in [-0.4, -0.2) is 57.3 Å². The van der Waals surface area contributed by atoms with Crippen LogP contribution in [0.1, 0.15) is 174 Å². The van der Waals surface area contributed by atoms with E-state index in [2.05, 4.69) is 55.6 Å². The molecule has 0 spiro atoms. The molecule has 6 heteroatoms. The minimum atomic E-state index is -1.29. The fraction of sp³-hybridized carbons (Fsp3) is 0.821. The first-order valence-electron chi connectivity index (χ1n) is 18.9. The molecule has 6 nitrogen and oxygen atoms in total. The lowest BCUT2D eigenvalue weighted by molar-refractivity contribution is -0.132. The summed E-state index contributed by atoms with van der Waals surface area (Å²) in [6.07, 6.45) is 37.6. The number of allylic oxidation sites excluding steroid dienone is 6. The number of nitrogens with one attached hydrogen (secondary N) is 1. The van der Waals surface area contributed by atoms with Crippen LogP contribution in [-0.2, 0) is 4.79 Å². The van der Waals surface area contributed by atoms with E-state index in [1.807, 2.05) is 0 Å². The fourth-order valence-corrected chi connectivity index (χ4v) is 5.54. The molecule has 0 heterocycles. The lowest BCUT2D eigenvalue weighted by atomic mass is 10.00. The predicted molar refractivity (Wildman–Crippen MR) is 191 cm³/mol. The maximum Gasteiger partial charge on any atom is 0.249 e. The van der Waals surface area contributed by atoms with E-state index in [4.69, 9.17) is 0 Å². The summed E-state index contributed by atoms with van der Waals surface area (Å²) in [4.78, 5) is 12.4. The summed E-state index contributed by atoms with van der Waals surface area (Å²) in [5, 5.41) is 43.2. The topological polar surface area (TPSA) is 110 Å². The second-order valence-electron chi connectivity index (χ2n) is 12.9. The van der Waals surface area contributed by atoms with E-state index in [0.717, 1.165) is 57.8 Å². The van der Waals surface area contributed by atoms with Gasteiger partial charge in [-0.1, -0.05) is 140 Å². The van der Waals surface area contributed by atoms with Gasteiger partial charge in [-0.15, -0.1) is 0 Å². The average molecular weight is 636 g/mol. The van der Waals surface area contributed by atoms with Gasteiger partial charge in [-0.3, -0.25) is 4.79 Å². The molecule has 0 saturated heterocycles. The molecule has 0 aromatic rings. The first-order chi connectivity index (χ1) is 22.0. The molecule has 0 aromatic carbocycles. The van der Waals surface area contributed by atoms with Crippen LogP contribution in [0.25, 0.3) is 0 Å². The van der Waals surface area contributed by atoms with E-state index < -0.39 is 36.9 Å². The lowest BCUT2D eigenvalue weighted by Gasteiger charge is -2.27. The smallest absolute Gasteiger partial charge is 0.249 e. The monoisotopic (exact) mass is 636 g/mol. The largest absolute Gasteiger partial charge is 0.394 e. The summed E-state index contributed by atoms with van der Waals surface area (Å²) >= 11 is 0. The number of carbonyl (C=O) groups excluding carboxylic acids is 1. The molecule has 0 fully saturated rings. The summed E-state index contributed by atoms with van der Waals surface area (Å²) in [6, 6.07) is -1.01. The molecular weight excluding hydrogens is 562 g/mol. The van der Waals surface area contributed by atoms with Crippen molar-refractivity contribution in [2.75, 3.05) is 6.61 Å². The van der Waals surface area contributed by atoms with Gasteiger partial charge >= 0.3 is 0 Å². The Morgan fingerprint density at radius 2 is 1.00 bits per heavy atom. The van der Waals surface area contributed by atoms with Gasteiger partial charge in [0, 0.05) is 0 Å². The Morgan fingerprint density at radius 3 is 1.51 bits per heavy atom. The van der Waals surface area contributed by atoms with Gasteiger partial charge in [0.15, 0.2) is 0 Å². The van der Waals surface area contributed by atoms with Crippen molar-refractivity contribution in [1.29, 1.82) is 0 Å². The van der Waals surface area contributed by atoms with Crippen LogP contribution in [0.2, 0.25) is 0 Å². The molecule has 5 N–H and O–H groups in total. The Balaban J connectivity index is 3.79. The second-order valence-corrected chi connectivity index (χ2v) is 12.9. The van der Waals surface area contributed by atoms with Crippen molar-refractivity contribution in [3.8, 4) is 0 Å². The molecule has 0 radical (unpaired) electrons. The summed E-state index contributed by atoms with van der Waals surface area (Å²) in [5.41, 5.74) is 0. The minimum absolute atomic E-state index is 0.352. The van der Waals surface area contributed by atoms with Crippen LogP contribution in [0, 0.1) is 0 Å². The normalized spacial score (nSPS) is 14.9. The molecule has 45 heavy (non-hydrogen) atoms. The zero-order chi connectivity index (χ0) is 33.2. The van der Waals surface area contributed by atoms with E-state index in [1.54, 1.807) is 0 Å². The highest BCUT2D eigenvalue weighted by Crippen LogP contribution is 2.14. The van der Waals surface area contributed by atoms with Gasteiger partial charge in [-0.2, -0.15) is 0 Å². The molecule has 0 aliphatic carbocycles. The average Bonchev–Trinajstić information content (AvgIpc) is 3.04. The summed E-state index contributed by atoms with van der Waals surface area (Å²) in [7, 11) is 0. The third-order valence-electron chi connectivity index (χ3n) is 8.56. The van der Waals surface area contributed by atoms with E-state index in [0.29, 0.717) is 19.3 Å². The van der Waals surface area contributed by atoms with E-state index >= 15 is 0 Å². The van der Waals surface area contributed by atoms with E-state index in [-0.39, 0.29) is 0 Å². The number of amides is 1. The summed E-state index contributed by atoms with van der Waals surface area (Å²) < 4.78 is 0. The maximum absolute atomic E-state index is 12.4. The molecule has 0 rings (SSSR count). The lowest BCUT2D eigenvalue weighted by Crippen LogP contribution is -2.53. The third-order valence-corrected chi connectivity index (χ3v) is 8.56. The van der Waals surface area contributed by atoms with Gasteiger partial charge in [0.05, 0.1) is 18.8 Å². The van der Waals surface area contributed by atoms with Gasteiger partial charge in [-0.05, 0) is 70.6 Å². The first kappa shape index (κ1) is 43.5. The number of rotatable bonds is 33. The number of carbonyl (C=O) groups is 1. The highest BCUT2D eigenvalue weighted by Gasteiger charge is 2.28. The van der Waals surface area contributed by atoms with Crippen molar-refractivity contribution in [1.82, 2.24) is 5.32 Å². The Labute approximate surface area is 277 Å². The van der Waals surface area contributed by atoms with Crippen LogP contribution in [0.3, 0.4) is 0 Å². The fourth-order valence-electron chi connectivity index (χ4n) is 5.54. The number of hydrogen-bond acceptors (Lipinski definition) is 5. The van der Waals surface area contributed by atoms with Gasteiger partial charge < -0.3 is 25.7 Å². The van der Waals surface area contributed by atoms with Crippen molar-refractivity contribution in [2.24, 2.45) is 0 Å². The molecule has 1 amide bonds. The van der Waals surface area contributed by atoms with Crippen LogP contribution >= 0.6 is 0 Å². The summed E-state index contributed by atoms with van der Waals surface area (Å²) in [6.45, 7) is 3.88. The third kappa shape index (κ3) is 28.5. The zero-order valence-electron chi connectivity index (χ0n) is 29.4. The number of hydrogen-bond donors (Lipinski definition) is 5. The molecule has 0 aromatic heterocycles. The second kappa shape index (κ2) is 33.9. The first-order valence-corrected chi connectivity index (χ1v) is 18.9. The van der Waals surface area contributed by atoms with Gasteiger partial charge in [0.25, 0.3) is 0 Å². The van der Waals surface area contributed by atoms with Crippen LogP contribution in [0.15, 0.2) is 36.5 Å². The molecule has 4 atom stereocenters. The van der Waals surface area contributed by atoms with Gasteiger partial charge in [0.2, 0.25) is 5.91 Å². The van der Waals surface area contributed by atoms with Crippen molar-refractivity contribution in [2.45, 2.75) is 199 Å². The molecule has 0 aliphatic rings. The molecule has 0 bridgehead atoms. The predicted octanol–water partition coefficient (Wildman–Crippen LogP) is 9.01. The molecule has 264 valence electrons. The van der Waals surface area contributed by atoms with Crippen LogP contribution in [0.5, 0.6) is 0 Å². The van der Waals surface area contributed by atoms with E-state index in [1.165, 1.54) is 83.5 Å². The molecule has 4 unspecified atom stereocenters. The SMILES string of the molecule is CC/C=C/CC/C=C/CCCC(O)C(O)C(CO)NC(=O)C(O)CCCCCCCC/C=C\CCCCCCCCCCCC. The molecule has 0 aliphatic heterocycles. The summed E-state index contributed by atoms with van der Waals surface area (Å²) in [5.74, 6) is -0.607. The molecular formula is C39H73NO5. The minimum Gasteiger partial charge on any atom is -0.394 e. The standard InChI is InChI=1S/C39H73NO5/c1-3-5-7-9-11-13-14-15-16-17-18-19-20-21-22-23-25-27-29-31-33-37(43)39(45)40-35(34-41)38(44)36(42)32-30-28-26-24-12-10-8-6-4-2/h6,8,19-20,24,26,35-38,41-44H,3-5,7,9-18,21-23,25,27-34H2,1-2H3,(H,40,45)/b8-6+,20-19-,26-24+. The van der Waals surface area contributed by atoms with Crippen molar-refractivity contribution >= 4 is 5.91 Å². The zero-order valence-corrected chi connectivity index (χ0v) is 29.4. The Bertz CT molecular complexity index is 722. The number of unbranched alkanes of at least 4 members (excludes halogenated alkanes) is 18. The highest BCUT2D eigenvalue weighted by molar-refractivity contribution is 5.80. The van der Waals surface area contributed by atoms with Gasteiger partial charge in [-0.25, -0.2) is 0 Å². The number of aliphatic hydroxyl groups is 4. The van der Waals surface area contributed by atoms with Crippen molar-refractivity contribution in [3.05, 3.63) is 36.5 Å². The van der Waals surface area contributed by atoms with Crippen LogP contribution < -0.4 is 5.32 Å². The Kier molecular flexibility index (Phi) is 32.8. The van der Waals surface area contributed by atoms with Crippen molar-refractivity contribution in [3.63, 3.8) is 0 Å². The quantitative estimate of drug-likeness (QED) is 0.0365. The van der Waals surface area contributed by atoms with Gasteiger partial charge in [0.1, 0.15) is 12.2 Å². The van der Waals surface area contributed by atoms with Crippen LogP contribution in [0.4, 0.5) is 0 Å². The Hall–Kier alpha value is -1.47. The number of aliphatic hydroxyl groups excluding tert-OH is 4. The van der Waals surface area contributed by atoms with E-state index in [9.17, 15) is 25.2 Å². The highest BCUT2D eigenvalue weighted by atomic mass is 16.3. The maximum atomic E-state index is 12.4. The molecule has 0 saturated carbocycles. The van der Waals surface area contributed by atoms with Crippen molar-refractivity contribution < 1.29 is 25.2 Å². The Morgan fingerprint density at radius 1 is 0.556 bits per heavy atom.